The normalized spacial score (nSPS) is 21.3. The Hall–Kier alpha value is -2.18. The van der Waals surface area contributed by atoms with E-state index in [1.165, 1.54) is 11.3 Å². The highest BCUT2D eigenvalue weighted by Crippen LogP contribution is 2.41. The van der Waals surface area contributed by atoms with E-state index in [1.807, 2.05) is 47.8 Å². The summed E-state index contributed by atoms with van der Waals surface area (Å²) in [5.74, 6) is -0.240. The van der Waals surface area contributed by atoms with Gasteiger partial charge in [-0.15, -0.1) is 11.3 Å². The molecule has 0 radical (unpaired) electrons. The number of ether oxygens (including phenoxy) is 1. The summed E-state index contributed by atoms with van der Waals surface area (Å²) < 4.78 is 6.15. The summed E-state index contributed by atoms with van der Waals surface area (Å²) in [5.41, 5.74) is 0.405. The number of amides is 2. The first-order valence-electron chi connectivity index (χ1n) is 9.52. The number of carbonyl (C=O) groups excluding carboxylic acids is 2. The summed E-state index contributed by atoms with van der Waals surface area (Å²) >= 11 is 1.41. The van der Waals surface area contributed by atoms with E-state index in [-0.39, 0.29) is 18.4 Å². The van der Waals surface area contributed by atoms with Crippen LogP contribution in [-0.4, -0.2) is 35.1 Å². The molecule has 6 heteroatoms. The van der Waals surface area contributed by atoms with E-state index in [2.05, 4.69) is 5.32 Å². The first-order valence-corrected chi connectivity index (χ1v) is 10.4. The summed E-state index contributed by atoms with van der Waals surface area (Å²) in [4.78, 5) is 28.6. The second kappa shape index (κ2) is 7.82. The highest BCUT2D eigenvalue weighted by molar-refractivity contribution is 7.12. The molecule has 1 atom stereocenters. The van der Waals surface area contributed by atoms with Crippen LogP contribution in [0, 0.1) is 0 Å². The number of carbonyl (C=O) groups is 2. The number of hydrogen-bond acceptors (Lipinski definition) is 4. The van der Waals surface area contributed by atoms with Crippen molar-refractivity contribution in [3.8, 4) is 0 Å². The van der Waals surface area contributed by atoms with Crippen molar-refractivity contribution in [2.75, 3.05) is 6.61 Å². The van der Waals surface area contributed by atoms with E-state index in [1.54, 1.807) is 4.90 Å². The van der Waals surface area contributed by atoms with Crippen LogP contribution in [0.1, 0.15) is 47.3 Å². The number of thiophene rings is 1. The number of benzene rings is 1. The van der Waals surface area contributed by atoms with Gasteiger partial charge >= 0.3 is 0 Å². The molecule has 2 aliphatic rings. The van der Waals surface area contributed by atoms with Crippen molar-refractivity contribution in [1.29, 1.82) is 0 Å². The van der Waals surface area contributed by atoms with Gasteiger partial charge < -0.3 is 10.1 Å². The molecule has 1 aromatic carbocycles. The van der Waals surface area contributed by atoms with Crippen LogP contribution >= 0.6 is 11.3 Å². The van der Waals surface area contributed by atoms with E-state index in [0.717, 1.165) is 37.7 Å². The zero-order chi connectivity index (χ0) is 18.7. The topological polar surface area (TPSA) is 58.6 Å². The molecule has 2 aromatic rings. The molecule has 1 aromatic heterocycles. The first-order chi connectivity index (χ1) is 13.2. The van der Waals surface area contributed by atoms with Crippen LogP contribution in [0.5, 0.6) is 0 Å². The molecule has 2 heterocycles. The second-order valence-electron chi connectivity index (χ2n) is 7.19. The lowest BCUT2D eigenvalue weighted by atomic mass is 9.90. The van der Waals surface area contributed by atoms with Crippen LogP contribution in [0.4, 0.5) is 0 Å². The van der Waals surface area contributed by atoms with Gasteiger partial charge in [0.05, 0.1) is 11.5 Å². The van der Waals surface area contributed by atoms with E-state index in [4.69, 9.17) is 4.74 Å². The maximum Gasteiger partial charge on any atom is 0.266 e. The minimum atomic E-state index is -0.631. The third-order valence-corrected chi connectivity index (χ3v) is 6.32. The van der Waals surface area contributed by atoms with Crippen LogP contribution in [0.15, 0.2) is 47.8 Å². The van der Waals surface area contributed by atoms with Crippen LogP contribution < -0.4 is 5.32 Å². The fourth-order valence-corrected chi connectivity index (χ4v) is 4.75. The van der Waals surface area contributed by atoms with Crippen LogP contribution in [0.2, 0.25) is 0 Å². The van der Waals surface area contributed by atoms with Crippen molar-refractivity contribution in [2.45, 2.75) is 50.4 Å². The molecule has 2 amide bonds. The van der Waals surface area contributed by atoms with Crippen LogP contribution in [0.3, 0.4) is 0 Å². The predicted molar refractivity (Wildman–Crippen MR) is 104 cm³/mol. The molecule has 0 unspecified atom stereocenters. The Balaban J connectivity index is 1.54. The monoisotopic (exact) mass is 384 g/mol. The van der Waals surface area contributed by atoms with E-state index in [9.17, 15) is 9.59 Å². The smallest absolute Gasteiger partial charge is 0.266 e. The van der Waals surface area contributed by atoms with Crippen molar-refractivity contribution < 1.29 is 14.3 Å². The van der Waals surface area contributed by atoms with Crippen molar-refractivity contribution in [2.24, 2.45) is 0 Å². The maximum atomic E-state index is 13.2. The molecule has 1 saturated carbocycles. The Kier molecular flexibility index (Phi) is 5.27. The fraction of sp³-hybridized carbons (Fsp3) is 0.429. The highest BCUT2D eigenvalue weighted by Gasteiger charge is 2.53. The number of rotatable bonds is 4. The average molecular weight is 385 g/mol. The minimum Gasteiger partial charge on any atom is -0.353 e. The van der Waals surface area contributed by atoms with E-state index >= 15 is 0 Å². The molecule has 5 nitrogen and oxygen atoms in total. The number of nitrogens with zero attached hydrogens (tertiary/aromatic N) is 1. The number of nitrogens with one attached hydrogen (secondary N) is 1. The summed E-state index contributed by atoms with van der Waals surface area (Å²) in [6.45, 7) is 0.710. The Bertz CT molecular complexity index is 785. The summed E-state index contributed by atoms with van der Waals surface area (Å²) in [5, 5.41) is 4.87. The van der Waals surface area contributed by atoms with Gasteiger partial charge in [-0.05, 0) is 42.7 Å². The van der Waals surface area contributed by atoms with Crippen molar-refractivity contribution in [3.63, 3.8) is 0 Å². The zero-order valence-corrected chi connectivity index (χ0v) is 16.0. The summed E-state index contributed by atoms with van der Waals surface area (Å²) in [6.07, 6.45) is 4.79. The lowest BCUT2D eigenvalue weighted by Gasteiger charge is -2.41. The molecule has 4 rings (SSSR count). The zero-order valence-electron chi connectivity index (χ0n) is 15.2. The Morgan fingerprint density at radius 1 is 1.11 bits per heavy atom. The SMILES string of the molecule is O=C(NCc1ccccc1)[C@@H]1COC2(CCCCC2)N1C(=O)c1cccs1. The minimum absolute atomic E-state index is 0.0933. The molecule has 1 spiro atoms. The van der Waals surface area contributed by atoms with Gasteiger partial charge in [-0.3, -0.25) is 14.5 Å². The van der Waals surface area contributed by atoms with Crippen molar-refractivity contribution in [1.82, 2.24) is 10.2 Å². The molecule has 2 fully saturated rings. The van der Waals surface area contributed by atoms with Gasteiger partial charge in [0.15, 0.2) is 0 Å². The lowest BCUT2D eigenvalue weighted by molar-refractivity contribution is -0.127. The summed E-state index contributed by atoms with van der Waals surface area (Å²) in [6, 6.07) is 12.9. The van der Waals surface area contributed by atoms with Gasteiger partial charge in [0.1, 0.15) is 11.8 Å². The van der Waals surface area contributed by atoms with Gasteiger partial charge in [0, 0.05) is 6.54 Å². The third-order valence-electron chi connectivity index (χ3n) is 5.46. The van der Waals surface area contributed by atoms with Gasteiger partial charge in [0.2, 0.25) is 5.91 Å². The Labute approximate surface area is 163 Å². The Morgan fingerprint density at radius 2 is 1.89 bits per heavy atom. The molecule has 27 heavy (non-hydrogen) atoms. The van der Waals surface area contributed by atoms with Crippen molar-refractivity contribution in [3.05, 3.63) is 58.3 Å². The molecular formula is C21H24N2O3S. The second-order valence-corrected chi connectivity index (χ2v) is 8.14. The molecule has 142 valence electrons. The molecule has 0 bridgehead atoms. The highest BCUT2D eigenvalue weighted by atomic mass is 32.1. The van der Waals surface area contributed by atoms with Crippen LogP contribution in [0.25, 0.3) is 0 Å². The quantitative estimate of drug-likeness (QED) is 0.877. The average Bonchev–Trinajstić information content (AvgIpc) is 3.36. The molecule has 1 N–H and O–H groups in total. The van der Waals surface area contributed by atoms with Gasteiger partial charge in [-0.1, -0.05) is 42.8 Å². The van der Waals surface area contributed by atoms with Crippen LogP contribution in [-0.2, 0) is 16.1 Å². The van der Waals surface area contributed by atoms with Gasteiger partial charge in [-0.2, -0.15) is 0 Å². The largest absolute Gasteiger partial charge is 0.353 e. The molecule has 1 saturated heterocycles. The standard InChI is InChI=1S/C21H24N2O3S/c24-19(22-14-16-8-3-1-4-9-16)17-15-26-21(11-5-2-6-12-21)23(17)20(25)18-10-7-13-27-18/h1,3-4,7-10,13,17H,2,5-6,11-12,14-15H2,(H,22,24)/t17-/m0/s1. The third kappa shape index (κ3) is 3.64. The van der Waals surface area contributed by atoms with Crippen molar-refractivity contribution >= 4 is 23.2 Å². The van der Waals surface area contributed by atoms with E-state index < -0.39 is 11.8 Å². The number of hydrogen-bond donors (Lipinski definition) is 1. The van der Waals surface area contributed by atoms with Gasteiger partial charge in [0.25, 0.3) is 5.91 Å². The molecule has 1 aliphatic carbocycles. The molecular weight excluding hydrogens is 360 g/mol. The first kappa shape index (κ1) is 18.2. The lowest BCUT2D eigenvalue weighted by Crippen LogP contribution is -2.56. The molecule has 1 aliphatic heterocycles. The van der Waals surface area contributed by atoms with E-state index in [0.29, 0.717) is 11.4 Å². The maximum absolute atomic E-state index is 13.2. The predicted octanol–water partition coefficient (Wildman–Crippen LogP) is 3.57. The Morgan fingerprint density at radius 3 is 2.59 bits per heavy atom. The fourth-order valence-electron chi connectivity index (χ4n) is 4.09. The van der Waals surface area contributed by atoms with Gasteiger partial charge in [-0.25, -0.2) is 0 Å². The summed E-state index contributed by atoms with van der Waals surface area (Å²) in [7, 11) is 0.